The molecule has 0 saturated carbocycles. The summed E-state index contributed by atoms with van der Waals surface area (Å²) < 4.78 is 36.9. The molecule has 20 heavy (non-hydrogen) atoms. The van der Waals surface area contributed by atoms with Gasteiger partial charge in [0, 0.05) is 5.54 Å². The second-order valence-electron chi connectivity index (χ2n) is 5.59. The Bertz CT molecular complexity index is 249. The van der Waals surface area contributed by atoms with Gasteiger partial charge in [-0.3, -0.25) is 4.90 Å². The van der Waals surface area contributed by atoms with Gasteiger partial charge in [-0.1, -0.05) is 20.3 Å². The fraction of sp³-hybridized carbons (Fsp3) is 1.00. The van der Waals surface area contributed by atoms with Crippen LogP contribution in [-0.4, -0.2) is 54.5 Å². The minimum absolute atomic E-state index is 0.0487. The van der Waals surface area contributed by atoms with Crippen LogP contribution in [0.1, 0.15) is 46.5 Å². The van der Waals surface area contributed by atoms with Crippen molar-refractivity contribution >= 4 is 0 Å². The number of hydrogen-bond acceptors (Lipinski definition) is 3. The summed E-state index contributed by atoms with van der Waals surface area (Å²) in [7, 11) is 0. The standard InChI is InChI=1S/C14H29F3N2O/c1-4-9-18-13(3,12-20)8-6-7-10-19(5-2)11-14(15,16)17/h18,20H,4-12H2,1-3H3. The molecule has 0 fully saturated rings. The average molecular weight is 298 g/mol. The molecule has 0 spiro atoms. The van der Waals surface area contributed by atoms with E-state index in [0.29, 0.717) is 19.5 Å². The van der Waals surface area contributed by atoms with Crippen molar-refractivity contribution in [3.8, 4) is 0 Å². The Balaban J connectivity index is 3.97. The second-order valence-corrected chi connectivity index (χ2v) is 5.59. The number of hydrogen-bond donors (Lipinski definition) is 2. The van der Waals surface area contributed by atoms with Crippen LogP contribution < -0.4 is 5.32 Å². The van der Waals surface area contributed by atoms with Crippen molar-refractivity contribution in [3.05, 3.63) is 0 Å². The van der Waals surface area contributed by atoms with Crippen molar-refractivity contribution in [2.75, 3.05) is 32.8 Å². The van der Waals surface area contributed by atoms with Gasteiger partial charge >= 0.3 is 6.18 Å². The van der Waals surface area contributed by atoms with E-state index in [2.05, 4.69) is 12.2 Å². The molecule has 0 amide bonds. The molecule has 0 aliphatic heterocycles. The van der Waals surface area contributed by atoms with Gasteiger partial charge in [-0.2, -0.15) is 13.2 Å². The molecule has 0 heterocycles. The van der Waals surface area contributed by atoms with Crippen molar-refractivity contribution in [2.45, 2.75) is 58.2 Å². The predicted molar refractivity (Wildman–Crippen MR) is 75.8 cm³/mol. The molecule has 0 aromatic heterocycles. The first-order chi connectivity index (χ1) is 9.26. The van der Waals surface area contributed by atoms with Crippen molar-refractivity contribution in [1.82, 2.24) is 10.2 Å². The first-order valence-electron chi connectivity index (χ1n) is 7.41. The van der Waals surface area contributed by atoms with Crippen LogP contribution in [0.2, 0.25) is 0 Å². The highest BCUT2D eigenvalue weighted by Crippen LogP contribution is 2.18. The van der Waals surface area contributed by atoms with E-state index in [1.807, 2.05) is 6.92 Å². The summed E-state index contributed by atoms with van der Waals surface area (Å²) in [5, 5.41) is 12.7. The van der Waals surface area contributed by atoms with Gasteiger partial charge in [-0.25, -0.2) is 0 Å². The number of unbranched alkanes of at least 4 members (excludes halogenated alkanes) is 1. The topological polar surface area (TPSA) is 35.5 Å². The number of nitrogens with one attached hydrogen (secondary N) is 1. The number of aliphatic hydroxyl groups excluding tert-OH is 1. The van der Waals surface area contributed by atoms with Crippen LogP contribution in [0.4, 0.5) is 13.2 Å². The molecule has 122 valence electrons. The first kappa shape index (κ1) is 19.7. The molecule has 0 aliphatic carbocycles. The molecule has 0 aromatic carbocycles. The lowest BCUT2D eigenvalue weighted by Gasteiger charge is -2.29. The summed E-state index contributed by atoms with van der Waals surface area (Å²) in [5.41, 5.74) is -0.322. The number of aliphatic hydroxyl groups is 1. The molecule has 0 aliphatic rings. The molecular formula is C14H29F3N2O. The smallest absolute Gasteiger partial charge is 0.394 e. The van der Waals surface area contributed by atoms with Crippen LogP contribution in [0.3, 0.4) is 0 Å². The van der Waals surface area contributed by atoms with E-state index in [1.54, 1.807) is 6.92 Å². The van der Waals surface area contributed by atoms with Gasteiger partial charge in [0.05, 0.1) is 13.2 Å². The summed E-state index contributed by atoms with van der Waals surface area (Å²) in [4.78, 5) is 1.41. The Morgan fingerprint density at radius 1 is 1.15 bits per heavy atom. The first-order valence-corrected chi connectivity index (χ1v) is 7.41. The van der Waals surface area contributed by atoms with E-state index in [9.17, 15) is 18.3 Å². The van der Waals surface area contributed by atoms with Crippen LogP contribution in [0, 0.1) is 0 Å². The molecule has 0 aromatic rings. The summed E-state index contributed by atoms with van der Waals surface area (Å²) in [5.74, 6) is 0. The monoisotopic (exact) mass is 298 g/mol. The lowest BCUT2D eigenvalue weighted by atomic mass is 9.95. The number of nitrogens with zero attached hydrogens (tertiary/aromatic N) is 1. The highest BCUT2D eigenvalue weighted by Gasteiger charge is 2.29. The summed E-state index contributed by atoms with van der Waals surface area (Å²) in [6.45, 7) is 6.66. The maximum Gasteiger partial charge on any atom is 0.401 e. The zero-order valence-electron chi connectivity index (χ0n) is 12.9. The van der Waals surface area contributed by atoms with Crippen LogP contribution >= 0.6 is 0 Å². The zero-order valence-corrected chi connectivity index (χ0v) is 12.9. The molecule has 1 atom stereocenters. The lowest BCUT2D eigenvalue weighted by Crippen LogP contribution is -2.46. The molecule has 3 nitrogen and oxygen atoms in total. The molecule has 6 heteroatoms. The third kappa shape index (κ3) is 9.55. The summed E-state index contributed by atoms with van der Waals surface area (Å²) in [6, 6.07) is 0. The van der Waals surface area contributed by atoms with Gasteiger partial charge in [0.2, 0.25) is 0 Å². The van der Waals surface area contributed by atoms with Gasteiger partial charge in [-0.15, -0.1) is 0 Å². The SMILES string of the molecule is CCCNC(C)(CO)CCCCN(CC)CC(F)(F)F. The number of halogens is 3. The zero-order chi connectivity index (χ0) is 15.6. The Hall–Kier alpha value is -0.330. The molecule has 1 unspecified atom stereocenters. The third-order valence-electron chi connectivity index (χ3n) is 3.45. The maximum absolute atomic E-state index is 12.3. The maximum atomic E-state index is 12.3. The quantitative estimate of drug-likeness (QED) is 0.576. The molecule has 0 radical (unpaired) electrons. The third-order valence-corrected chi connectivity index (χ3v) is 3.45. The van der Waals surface area contributed by atoms with Gasteiger partial charge in [0.15, 0.2) is 0 Å². The molecule has 0 rings (SSSR count). The highest BCUT2D eigenvalue weighted by atomic mass is 19.4. The average Bonchev–Trinajstić information content (AvgIpc) is 2.38. The Labute approximate surface area is 120 Å². The van der Waals surface area contributed by atoms with Gasteiger partial charge in [0.1, 0.15) is 0 Å². The van der Waals surface area contributed by atoms with E-state index >= 15 is 0 Å². The van der Waals surface area contributed by atoms with Crippen molar-refractivity contribution in [2.24, 2.45) is 0 Å². The minimum atomic E-state index is -4.13. The van der Waals surface area contributed by atoms with Gasteiger partial charge < -0.3 is 10.4 Å². The summed E-state index contributed by atoms with van der Waals surface area (Å²) in [6.07, 6.45) is -0.842. The van der Waals surface area contributed by atoms with Crippen LogP contribution in [0.25, 0.3) is 0 Å². The van der Waals surface area contributed by atoms with E-state index < -0.39 is 12.7 Å². The molecule has 0 saturated heterocycles. The molecule has 0 bridgehead atoms. The highest BCUT2D eigenvalue weighted by molar-refractivity contribution is 4.82. The summed E-state index contributed by atoms with van der Waals surface area (Å²) >= 11 is 0. The lowest BCUT2D eigenvalue weighted by molar-refractivity contribution is -0.145. The van der Waals surface area contributed by atoms with E-state index in [0.717, 1.165) is 25.8 Å². The fourth-order valence-electron chi connectivity index (χ4n) is 2.10. The van der Waals surface area contributed by atoms with Crippen molar-refractivity contribution in [1.29, 1.82) is 0 Å². The van der Waals surface area contributed by atoms with Gasteiger partial charge in [0.25, 0.3) is 0 Å². The van der Waals surface area contributed by atoms with Crippen LogP contribution in [-0.2, 0) is 0 Å². The van der Waals surface area contributed by atoms with E-state index in [4.69, 9.17) is 0 Å². The fourth-order valence-corrected chi connectivity index (χ4v) is 2.10. The Kier molecular flexibility index (Phi) is 9.42. The largest absolute Gasteiger partial charge is 0.401 e. The normalized spacial score (nSPS) is 15.6. The second kappa shape index (κ2) is 9.58. The van der Waals surface area contributed by atoms with Gasteiger partial charge in [-0.05, 0) is 45.8 Å². The van der Waals surface area contributed by atoms with E-state index in [1.165, 1.54) is 4.90 Å². The van der Waals surface area contributed by atoms with Crippen molar-refractivity contribution in [3.63, 3.8) is 0 Å². The molecular weight excluding hydrogens is 269 g/mol. The van der Waals surface area contributed by atoms with E-state index in [-0.39, 0.29) is 12.1 Å². The minimum Gasteiger partial charge on any atom is -0.394 e. The predicted octanol–water partition coefficient (Wildman–Crippen LogP) is 2.79. The Morgan fingerprint density at radius 3 is 2.25 bits per heavy atom. The Morgan fingerprint density at radius 2 is 1.80 bits per heavy atom. The van der Waals surface area contributed by atoms with Crippen LogP contribution in [0.5, 0.6) is 0 Å². The van der Waals surface area contributed by atoms with Crippen molar-refractivity contribution < 1.29 is 18.3 Å². The molecule has 2 N–H and O–H groups in total. The van der Waals surface area contributed by atoms with Crippen LogP contribution in [0.15, 0.2) is 0 Å². The number of rotatable bonds is 11. The number of alkyl halides is 3.